The molecule has 26 heavy (non-hydrogen) atoms. The number of nitrogens with zero attached hydrogens (tertiary/aromatic N) is 3. The normalized spacial score (nSPS) is 20.3. The highest BCUT2D eigenvalue weighted by atomic mass is 16.5. The highest BCUT2D eigenvalue weighted by molar-refractivity contribution is 5.80. The fraction of sp³-hybridized carbons (Fsp3) is 0.667. The molecule has 5 heteroatoms. The zero-order valence-electron chi connectivity index (χ0n) is 16.8. The number of aliphatic imine (C=N–C) groups is 1. The van der Waals surface area contributed by atoms with Crippen LogP contribution in [0.1, 0.15) is 44.2 Å². The maximum Gasteiger partial charge on any atom is 0.194 e. The van der Waals surface area contributed by atoms with Gasteiger partial charge in [0.05, 0.1) is 19.7 Å². The van der Waals surface area contributed by atoms with Crippen LogP contribution in [0.15, 0.2) is 29.3 Å². The number of likely N-dealkylation sites (tertiary alicyclic amines) is 1. The predicted molar refractivity (Wildman–Crippen MR) is 108 cm³/mol. The Kier molecular flexibility index (Phi) is 6.07. The quantitative estimate of drug-likeness (QED) is 0.626. The smallest absolute Gasteiger partial charge is 0.194 e. The average Bonchev–Trinajstić information content (AvgIpc) is 3.07. The first-order valence-corrected chi connectivity index (χ1v) is 9.91. The molecule has 1 aromatic carbocycles. The Balaban J connectivity index is 1.76. The highest BCUT2D eigenvalue weighted by Crippen LogP contribution is 2.47. The first-order valence-electron chi connectivity index (χ1n) is 9.91. The maximum absolute atomic E-state index is 5.58. The molecule has 0 bridgehead atoms. The number of hydrogen-bond acceptors (Lipinski definition) is 3. The third kappa shape index (κ3) is 3.98. The number of nitrogens with one attached hydrogen (secondary N) is 1. The molecule has 1 N–H and O–H groups in total. The van der Waals surface area contributed by atoms with Crippen LogP contribution in [0.2, 0.25) is 0 Å². The van der Waals surface area contributed by atoms with Crippen molar-refractivity contribution in [3.05, 3.63) is 29.8 Å². The first kappa shape index (κ1) is 19.0. The Bertz CT molecular complexity index is 624. The van der Waals surface area contributed by atoms with Gasteiger partial charge in [-0.1, -0.05) is 24.6 Å². The second-order valence-corrected chi connectivity index (χ2v) is 7.94. The molecule has 144 valence electrons. The monoisotopic (exact) mass is 358 g/mol. The molecule has 0 radical (unpaired) electrons. The Hall–Kier alpha value is -1.75. The lowest BCUT2D eigenvalue weighted by molar-refractivity contribution is 0.151. The Morgan fingerprint density at radius 3 is 2.65 bits per heavy atom. The average molecular weight is 359 g/mol. The summed E-state index contributed by atoms with van der Waals surface area (Å²) in [5.41, 5.74) is 1.77. The van der Waals surface area contributed by atoms with Crippen molar-refractivity contribution in [2.75, 3.05) is 47.4 Å². The fourth-order valence-electron chi connectivity index (χ4n) is 4.28. The van der Waals surface area contributed by atoms with Crippen LogP contribution in [0.25, 0.3) is 0 Å². The molecule has 1 aliphatic carbocycles. The molecule has 0 amide bonds. The summed E-state index contributed by atoms with van der Waals surface area (Å²) in [4.78, 5) is 9.72. The molecule has 3 rings (SSSR count). The summed E-state index contributed by atoms with van der Waals surface area (Å²) in [6.07, 6.45) is 5.51. The lowest BCUT2D eigenvalue weighted by atomic mass is 9.68. The molecule has 2 aliphatic rings. The van der Waals surface area contributed by atoms with Crippen LogP contribution in [0.4, 0.5) is 0 Å². The van der Waals surface area contributed by atoms with E-state index in [9.17, 15) is 0 Å². The number of ether oxygens (including phenoxy) is 1. The number of methoxy groups -OCH3 is 1. The van der Waals surface area contributed by atoms with Gasteiger partial charge >= 0.3 is 0 Å². The third-order valence-corrected chi connectivity index (χ3v) is 6.02. The number of benzene rings is 1. The summed E-state index contributed by atoms with van der Waals surface area (Å²) in [5.74, 6) is 2.00. The lowest BCUT2D eigenvalue weighted by Gasteiger charge is -2.38. The lowest BCUT2D eigenvalue weighted by Crippen LogP contribution is -2.43. The van der Waals surface area contributed by atoms with Crippen molar-refractivity contribution in [1.29, 1.82) is 0 Å². The number of guanidine groups is 1. The molecular formula is C21H34N4O. The Labute approximate surface area is 158 Å². The maximum atomic E-state index is 5.58. The molecule has 1 saturated carbocycles. The van der Waals surface area contributed by atoms with Crippen molar-refractivity contribution in [3.63, 3.8) is 0 Å². The summed E-state index contributed by atoms with van der Waals surface area (Å²) >= 11 is 0. The van der Waals surface area contributed by atoms with Crippen LogP contribution in [-0.2, 0) is 0 Å². The van der Waals surface area contributed by atoms with Gasteiger partial charge in [-0.15, -0.1) is 0 Å². The van der Waals surface area contributed by atoms with Crippen LogP contribution in [0, 0.1) is 5.41 Å². The van der Waals surface area contributed by atoms with Gasteiger partial charge in [0.1, 0.15) is 5.75 Å². The van der Waals surface area contributed by atoms with Gasteiger partial charge in [-0.05, 0) is 51.8 Å². The van der Waals surface area contributed by atoms with Gasteiger partial charge in [-0.25, -0.2) is 0 Å². The van der Waals surface area contributed by atoms with Crippen LogP contribution in [0.5, 0.6) is 5.75 Å². The number of hydrogen-bond donors (Lipinski definition) is 1. The van der Waals surface area contributed by atoms with Crippen molar-refractivity contribution in [2.24, 2.45) is 10.4 Å². The summed E-state index contributed by atoms with van der Waals surface area (Å²) in [7, 11) is 5.96. The molecule has 1 atom stereocenters. The molecule has 1 heterocycles. The van der Waals surface area contributed by atoms with Crippen molar-refractivity contribution in [3.8, 4) is 5.75 Å². The summed E-state index contributed by atoms with van der Waals surface area (Å²) in [5, 5.41) is 3.51. The van der Waals surface area contributed by atoms with Gasteiger partial charge in [-0.3, -0.25) is 4.99 Å². The minimum Gasteiger partial charge on any atom is -0.496 e. The minimum atomic E-state index is 0.195. The van der Waals surface area contributed by atoms with Gasteiger partial charge < -0.3 is 19.9 Å². The van der Waals surface area contributed by atoms with Crippen molar-refractivity contribution in [1.82, 2.24) is 15.1 Å². The summed E-state index contributed by atoms with van der Waals surface area (Å²) in [6.45, 7) is 6.07. The second kappa shape index (κ2) is 8.30. The second-order valence-electron chi connectivity index (χ2n) is 7.94. The SMILES string of the molecule is CCNC(=NCC(c1ccccc1OC)N(C)C)N1CCC2(CCC2)C1. The highest BCUT2D eigenvalue weighted by Gasteiger charge is 2.43. The predicted octanol–water partition coefficient (Wildman–Crippen LogP) is 3.14. The van der Waals surface area contributed by atoms with Crippen molar-refractivity contribution >= 4 is 5.96 Å². The number of para-hydroxylation sites is 1. The van der Waals surface area contributed by atoms with Gasteiger partial charge in [0.15, 0.2) is 5.96 Å². The largest absolute Gasteiger partial charge is 0.496 e. The van der Waals surface area contributed by atoms with Crippen molar-refractivity contribution in [2.45, 2.75) is 38.6 Å². The molecule has 1 aliphatic heterocycles. The fourth-order valence-corrected chi connectivity index (χ4v) is 4.28. The van der Waals surface area contributed by atoms with E-state index in [4.69, 9.17) is 9.73 Å². The Morgan fingerprint density at radius 2 is 2.08 bits per heavy atom. The van der Waals surface area contributed by atoms with Gasteiger partial charge in [0.2, 0.25) is 0 Å². The first-order chi connectivity index (χ1) is 12.6. The number of rotatable bonds is 6. The third-order valence-electron chi connectivity index (χ3n) is 6.02. The molecule has 2 fully saturated rings. The number of likely N-dealkylation sites (N-methyl/N-ethyl adjacent to an activating group) is 1. The standard InChI is InChI=1S/C21H34N4O/c1-5-22-20(25-14-13-21(16-25)11-8-12-21)23-15-18(24(2)3)17-9-6-7-10-19(17)26-4/h6-7,9-10,18H,5,8,11-16H2,1-4H3,(H,22,23). The van der Waals surface area contributed by atoms with E-state index in [0.29, 0.717) is 5.41 Å². The Morgan fingerprint density at radius 1 is 1.31 bits per heavy atom. The zero-order chi connectivity index (χ0) is 18.6. The van der Waals surface area contributed by atoms with Crippen LogP contribution >= 0.6 is 0 Å². The molecular weight excluding hydrogens is 324 g/mol. The molecule has 1 saturated heterocycles. The summed E-state index contributed by atoms with van der Waals surface area (Å²) in [6, 6.07) is 8.46. The van der Waals surface area contributed by atoms with Crippen LogP contribution < -0.4 is 10.1 Å². The van der Waals surface area contributed by atoms with E-state index in [1.165, 1.54) is 37.8 Å². The molecule has 1 spiro atoms. The molecule has 0 aromatic heterocycles. The van der Waals surface area contributed by atoms with Gasteiger partial charge in [0.25, 0.3) is 0 Å². The molecule has 1 aromatic rings. The van der Waals surface area contributed by atoms with Gasteiger partial charge in [-0.2, -0.15) is 0 Å². The molecule has 1 unspecified atom stereocenters. The van der Waals surface area contributed by atoms with E-state index in [-0.39, 0.29) is 6.04 Å². The van der Waals surface area contributed by atoms with E-state index in [2.05, 4.69) is 48.3 Å². The van der Waals surface area contributed by atoms with Gasteiger partial charge in [0, 0.05) is 25.2 Å². The van der Waals surface area contributed by atoms with Crippen LogP contribution in [-0.4, -0.2) is 63.1 Å². The van der Waals surface area contributed by atoms with E-state index in [0.717, 1.165) is 31.3 Å². The van der Waals surface area contributed by atoms with Crippen LogP contribution in [0.3, 0.4) is 0 Å². The molecule has 5 nitrogen and oxygen atoms in total. The van der Waals surface area contributed by atoms with Crippen molar-refractivity contribution < 1.29 is 4.74 Å². The van der Waals surface area contributed by atoms with E-state index >= 15 is 0 Å². The topological polar surface area (TPSA) is 40.1 Å². The zero-order valence-corrected chi connectivity index (χ0v) is 16.8. The van der Waals surface area contributed by atoms with E-state index < -0.39 is 0 Å². The summed E-state index contributed by atoms with van der Waals surface area (Å²) < 4.78 is 5.58. The van der Waals surface area contributed by atoms with E-state index in [1.54, 1.807) is 7.11 Å². The minimum absolute atomic E-state index is 0.195. The van der Waals surface area contributed by atoms with E-state index in [1.807, 2.05) is 12.1 Å².